The van der Waals surface area contributed by atoms with E-state index in [1.54, 1.807) is 23.1 Å². The standard InChI is InChI=1S/C28H30Cl2N2O2/c1-3-20(2)31-28(34)26(17-21-8-5-4-6-9-21)32(19-23-10-7-11-25(30)16-23)27(33)18-22-12-14-24(29)15-13-22/h4-16,20,26H,3,17-19H2,1-2H3,(H,31,34)/t20-,26+/m1/s1. The van der Waals surface area contributed by atoms with Gasteiger partial charge in [0, 0.05) is 29.1 Å². The van der Waals surface area contributed by atoms with Crippen molar-refractivity contribution in [2.45, 2.75) is 51.7 Å². The molecule has 0 bridgehead atoms. The zero-order valence-corrected chi connectivity index (χ0v) is 21.0. The molecule has 0 saturated heterocycles. The van der Waals surface area contributed by atoms with Crippen LogP contribution in [0.1, 0.15) is 37.0 Å². The highest BCUT2D eigenvalue weighted by Gasteiger charge is 2.31. The summed E-state index contributed by atoms with van der Waals surface area (Å²) in [4.78, 5) is 28.8. The van der Waals surface area contributed by atoms with Crippen LogP contribution < -0.4 is 5.32 Å². The molecule has 0 aromatic heterocycles. The number of hydrogen-bond acceptors (Lipinski definition) is 2. The van der Waals surface area contributed by atoms with Crippen molar-refractivity contribution < 1.29 is 9.59 Å². The minimum atomic E-state index is -0.671. The Kier molecular flexibility index (Phi) is 9.55. The molecular weight excluding hydrogens is 467 g/mol. The van der Waals surface area contributed by atoms with Gasteiger partial charge in [0.05, 0.1) is 6.42 Å². The molecule has 3 aromatic rings. The van der Waals surface area contributed by atoms with E-state index in [4.69, 9.17) is 23.2 Å². The highest BCUT2D eigenvalue weighted by Crippen LogP contribution is 2.19. The Bertz CT molecular complexity index is 1090. The minimum Gasteiger partial charge on any atom is -0.352 e. The fourth-order valence-electron chi connectivity index (χ4n) is 3.71. The second kappa shape index (κ2) is 12.6. The second-order valence-electron chi connectivity index (χ2n) is 8.48. The maximum absolute atomic E-state index is 13.7. The maximum atomic E-state index is 13.7. The minimum absolute atomic E-state index is 0.00478. The van der Waals surface area contributed by atoms with Crippen molar-refractivity contribution in [3.63, 3.8) is 0 Å². The van der Waals surface area contributed by atoms with E-state index in [2.05, 4.69) is 5.32 Å². The Labute approximate surface area is 211 Å². The topological polar surface area (TPSA) is 49.4 Å². The van der Waals surface area contributed by atoms with Gasteiger partial charge in [-0.05, 0) is 54.3 Å². The van der Waals surface area contributed by atoms with Crippen LogP contribution in [0.3, 0.4) is 0 Å². The number of carbonyl (C=O) groups excluding carboxylic acids is 2. The number of nitrogens with zero attached hydrogens (tertiary/aromatic N) is 1. The van der Waals surface area contributed by atoms with Crippen molar-refractivity contribution in [2.24, 2.45) is 0 Å². The fourth-order valence-corrected chi connectivity index (χ4v) is 4.04. The predicted octanol–water partition coefficient (Wildman–Crippen LogP) is 6.09. The Hall–Kier alpha value is -2.82. The molecule has 6 heteroatoms. The largest absolute Gasteiger partial charge is 0.352 e. The van der Waals surface area contributed by atoms with Gasteiger partial charge in [-0.15, -0.1) is 0 Å². The average molecular weight is 497 g/mol. The van der Waals surface area contributed by atoms with Crippen LogP contribution >= 0.6 is 23.2 Å². The number of nitrogens with one attached hydrogen (secondary N) is 1. The van der Waals surface area contributed by atoms with E-state index < -0.39 is 6.04 Å². The van der Waals surface area contributed by atoms with Crippen LogP contribution in [0.25, 0.3) is 0 Å². The third-order valence-electron chi connectivity index (χ3n) is 5.78. The van der Waals surface area contributed by atoms with Gasteiger partial charge in [-0.3, -0.25) is 9.59 Å². The van der Waals surface area contributed by atoms with Crippen LogP contribution in [0.2, 0.25) is 10.0 Å². The van der Waals surface area contributed by atoms with Gasteiger partial charge in [0.25, 0.3) is 0 Å². The van der Waals surface area contributed by atoms with E-state index in [0.717, 1.165) is 23.1 Å². The Morgan fingerprint density at radius 3 is 2.18 bits per heavy atom. The highest BCUT2D eigenvalue weighted by atomic mass is 35.5. The molecule has 34 heavy (non-hydrogen) atoms. The van der Waals surface area contributed by atoms with Gasteiger partial charge in [0.1, 0.15) is 6.04 Å². The first-order valence-electron chi connectivity index (χ1n) is 11.5. The molecule has 178 valence electrons. The lowest BCUT2D eigenvalue weighted by atomic mass is 10.0. The summed E-state index contributed by atoms with van der Waals surface area (Å²) in [7, 11) is 0. The van der Waals surface area contributed by atoms with E-state index in [0.29, 0.717) is 16.5 Å². The third kappa shape index (κ3) is 7.61. The molecule has 2 amide bonds. The number of amides is 2. The second-order valence-corrected chi connectivity index (χ2v) is 9.35. The Balaban J connectivity index is 1.96. The molecule has 0 aliphatic heterocycles. The zero-order valence-electron chi connectivity index (χ0n) is 19.5. The quantitative estimate of drug-likeness (QED) is 0.369. The van der Waals surface area contributed by atoms with Gasteiger partial charge in [0.2, 0.25) is 11.8 Å². The van der Waals surface area contributed by atoms with Crippen molar-refractivity contribution in [1.29, 1.82) is 0 Å². The van der Waals surface area contributed by atoms with E-state index in [1.165, 1.54) is 0 Å². The third-order valence-corrected chi connectivity index (χ3v) is 6.27. The van der Waals surface area contributed by atoms with Crippen molar-refractivity contribution in [3.8, 4) is 0 Å². The predicted molar refractivity (Wildman–Crippen MR) is 139 cm³/mol. The summed E-state index contributed by atoms with van der Waals surface area (Å²) < 4.78 is 0. The zero-order chi connectivity index (χ0) is 24.5. The van der Waals surface area contributed by atoms with Crippen LogP contribution in [0.15, 0.2) is 78.9 Å². The van der Waals surface area contributed by atoms with Gasteiger partial charge >= 0.3 is 0 Å². The van der Waals surface area contributed by atoms with Crippen molar-refractivity contribution in [1.82, 2.24) is 10.2 Å². The molecule has 0 saturated carbocycles. The monoisotopic (exact) mass is 496 g/mol. The number of halogens is 2. The van der Waals surface area contributed by atoms with Gasteiger partial charge < -0.3 is 10.2 Å². The number of carbonyl (C=O) groups is 2. The normalized spacial score (nSPS) is 12.6. The van der Waals surface area contributed by atoms with E-state index in [9.17, 15) is 9.59 Å². The van der Waals surface area contributed by atoms with Crippen LogP contribution in [0.4, 0.5) is 0 Å². The molecular formula is C28H30Cl2N2O2. The summed E-state index contributed by atoms with van der Waals surface area (Å²) in [5, 5.41) is 4.28. The van der Waals surface area contributed by atoms with Crippen molar-refractivity contribution in [3.05, 3.63) is 106 Å². The number of rotatable bonds is 10. The lowest BCUT2D eigenvalue weighted by molar-refractivity contribution is -0.141. The number of hydrogen-bond donors (Lipinski definition) is 1. The molecule has 2 atom stereocenters. The van der Waals surface area contributed by atoms with E-state index in [1.807, 2.05) is 74.5 Å². The molecule has 3 aromatic carbocycles. The molecule has 4 nitrogen and oxygen atoms in total. The van der Waals surface area contributed by atoms with Crippen molar-refractivity contribution >= 4 is 35.0 Å². The lowest BCUT2D eigenvalue weighted by Crippen LogP contribution is -2.52. The van der Waals surface area contributed by atoms with Gasteiger partial charge in [-0.25, -0.2) is 0 Å². The summed E-state index contributed by atoms with van der Waals surface area (Å²) in [6.45, 7) is 4.26. The first kappa shape index (κ1) is 25.8. The molecule has 0 heterocycles. The summed E-state index contributed by atoms with van der Waals surface area (Å²) in [5.74, 6) is -0.299. The average Bonchev–Trinajstić information content (AvgIpc) is 2.83. The van der Waals surface area contributed by atoms with Gasteiger partial charge in [-0.1, -0.05) is 84.7 Å². The molecule has 3 rings (SSSR count). The SMILES string of the molecule is CC[C@@H](C)NC(=O)[C@H](Cc1ccccc1)N(Cc1cccc(Cl)c1)C(=O)Cc1ccc(Cl)cc1. The number of benzene rings is 3. The molecule has 0 unspecified atom stereocenters. The lowest BCUT2D eigenvalue weighted by Gasteiger charge is -2.32. The molecule has 0 radical (unpaired) electrons. The Morgan fingerprint density at radius 2 is 1.53 bits per heavy atom. The molecule has 0 spiro atoms. The van der Waals surface area contributed by atoms with E-state index in [-0.39, 0.29) is 30.8 Å². The first-order valence-corrected chi connectivity index (χ1v) is 12.2. The smallest absolute Gasteiger partial charge is 0.243 e. The van der Waals surface area contributed by atoms with E-state index >= 15 is 0 Å². The van der Waals surface area contributed by atoms with Crippen LogP contribution in [0, 0.1) is 0 Å². The fraction of sp³-hybridized carbons (Fsp3) is 0.286. The summed E-state index contributed by atoms with van der Waals surface area (Å²) in [6.07, 6.45) is 1.38. The van der Waals surface area contributed by atoms with Gasteiger partial charge in [0.15, 0.2) is 0 Å². The van der Waals surface area contributed by atoms with Crippen LogP contribution in [0.5, 0.6) is 0 Å². The van der Waals surface area contributed by atoms with Crippen LogP contribution in [-0.2, 0) is 29.0 Å². The van der Waals surface area contributed by atoms with Crippen LogP contribution in [-0.4, -0.2) is 28.8 Å². The first-order chi connectivity index (χ1) is 16.4. The van der Waals surface area contributed by atoms with Gasteiger partial charge in [-0.2, -0.15) is 0 Å². The molecule has 0 aliphatic rings. The summed E-state index contributed by atoms with van der Waals surface area (Å²) >= 11 is 12.2. The highest BCUT2D eigenvalue weighted by molar-refractivity contribution is 6.30. The molecule has 0 aliphatic carbocycles. The summed E-state index contributed by atoms with van der Waals surface area (Å²) in [5.41, 5.74) is 2.69. The molecule has 0 fully saturated rings. The summed E-state index contributed by atoms with van der Waals surface area (Å²) in [6, 6.07) is 23.7. The molecule has 1 N–H and O–H groups in total. The Morgan fingerprint density at radius 1 is 0.853 bits per heavy atom. The van der Waals surface area contributed by atoms with Crippen molar-refractivity contribution in [2.75, 3.05) is 0 Å². The maximum Gasteiger partial charge on any atom is 0.243 e.